The summed E-state index contributed by atoms with van der Waals surface area (Å²) in [6.45, 7) is 5.28. The lowest BCUT2D eigenvalue weighted by atomic mass is 10.1. The van der Waals surface area contributed by atoms with Gasteiger partial charge in [-0.05, 0) is 55.2 Å². The third kappa shape index (κ3) is 4.74. The van der Waals surface area contributed by atoms with Crippen LogP contribution < -0.4 is 4.74 Å². The van der Waals surface area contributed by atoms with Crippen LogP contribution in [0.3, 0.4) is 0 Å². The number of hydrogen-bond donors (Lipinski definition) is 0. The van der Waals surface area contributed by atoms with Gasteiger partial charge in [0.05, 0.1) is 29.7 Å². The van der Waals surface area contributed by atoms with Gasteiger partial charge in [0.2, 0.25) is 0 Å². The summed E-state index contributed by atoms with van der Waals surface area (Å²) in [6.07, 6.45) is 4.67. The monoisotopic (exact) mass is 473 g/mol. The number of fused-ring (bicyclic) bond motifs is 1. The van der Waals surface area contributed by atoms with Crippen LogP contribution in [0.15, 0.2) is 36.4 Å². The van der Waals surface area contributed by atoms with E-state index in [1.165, 1.54) is 12.8 Å². The highest BCUT2D eigenvalue weighted by Gasteiger charge is 2.26. The lowest BCUT2D eigenvalue weighted by Gasteiger charge is -2.26. The van der Waals surface area contributed by atoms with Crippen molar-refractivity contribution in [3.8, 4) is 5.75 Å². The molecule has 3 aromatic rings. The van der Waals surface area contributed by atoms with Gasteiger partial charge in [0.1, 0.15) is 11.6 Å². The molecule has 4 rings (SSSR count). The van der Waals surface area contributed by atoms with E-state index in [9.17, 15) is 4.79 Å². The van der Waals surface area contributed by atoms with Gasteiger partial charge in [-0.3, -0.25) is 4.79 Å². The van der Waals surface area contributed by atoms with Gasteiger partial charge in [-0.1, -0.05) is 49.9 Å². The largest absolute Gasteiger partial charge is 0.495 e. The van der Waals surface area contributed by atoms with Crippen molar-refractivity contribution < 1.29 is 9.53 Å². The zero-order valence-electron chi connectivity index (χ0n) is 18.8. The number of halogens is 2. The maximum Gasteiger partial charge on any atom is 0.254 e. The summed E-state index contributed by atoms with van der Waals surface area (Å²) in [6, 6.07) is 11.4. The molecule has 5 nitrogen and oxygen atoms in total. The minimum Gasteiger partial charge on any atom is -0.495 e. The van der Waals surface area contributed by atoms with Gasteiger partial charge in [-0.25, -0.2) is 4.98 Å². The SMILES string of the molecule is COc1ccc(C(=O)N(Cc2nc3ccc(Cl)cc3n2C2CCCC2)CC(C)C)cc1Cl. The Morgan fingerprint density at radius 3 is 2.59 bits per heavy atom. The number of amides is 1. The summed E-state index contributed by atoms with van der Waals surface area (Å²) in [7, 11) is 1.56. The molecule has 32 heavy (non-hydrogen) atoms. The molecule has 0 spiro atoms. The lowest BCUT2D eigenvalue weighted by molar-refractivity contribution is 0.0715. The molecule has 1 amide bonds. The molecule has 1 heterocycles. The summed E-state index contributed by atoms with van der Waals surface area (Å²) in [4.78, 5) is 20.3. The van der Waals surface area contributed by atoms with Gasteiger partial charge >= 0.3 is 0 Å². The van der Waals surface area contributed by atoms with Crippen LogP contribution in [0.25, 0.3) is 11.0 Å². The van der Waals surface area contributed by atoms with Crippen LogP contribution in [0.1, 0.15) is 61.8 Å². The van der Waals surface area contributed by atoms with Crippen LogP contribution in [0.4, 0.5) is 0 Å². The first-order valence-electron chi connectivity index (χ1n) is 11.2. The van der Waals surface area contributed by atoms with Gasteiger partial charge in [0.15, 0.2) is 0 Å². The lowest BCUT2D eigenvalue weighted by Crippen LogP contribution is -2.35. The molecule has 0 unspecified atom stereocenters. The van der Waals surface area contributed by atoms with Crippen molar-refractivity contribution in [3.63, 3.8) is 0 Å². The number of rotatable bonds is 7. The van der Waals surface area contributed by atoms with Gasteiger partial charge in [0, 0.05) is 23.2 Å². The summed E-state index contributed by atoms with van der Waals surface area (Å²) in [5.74, 6) is 1.71. The maximum atomic E-state index is 13.5. The maximum absolute atomic E-state index is 13.5. The van der Waals surface area contributed by atoms with E-state index < -0.39 is 0 Å². The normalized spacial score (nSPS) is 14.4. The molecule has 0 bridgehead atoms. The quantitative estimate of drug-likeness (QED) is 0.380. The van der Waals surface area contributed by atoms with E-state index in [1.54, 1.807) is 25.3 Å². The first kappa shape index (κ1) is 22.9. The number of benzene rings is 2. The average molecular weight is 474 g/mol. The van der Waals surface area contributed by atoms with E-state index in [0.717, 1.165) is 29.7 Å². The van der Waals surface area contributed by atoms with Crippen LogP contribution in [0.5, 0.6) is 5.75 Å². The smallest absolute Gasteiger partial charge is 0.254 e. The highest BCUT2D eigenvalue weighted by Crippen LogP contribution is 2.35. The van der Waals surface area contributed by atoms with E-state index in [1.807, 2.05) is 23.1 Å². The van der Waals surface area contributed by atoms with Crippen molar-refractivity contribution in [2.45, 2.75) is 52.1 Å². The second-order valence-electron chi connectivity index (χ2n) is 8.90. The Labute approximate surface area is 199 Å². The molecule has 1 saturated carbocycles. The minimum atomic E-state index is -0.0636. The number of ether oxygens (including phenoxy) is 1. The van der Waals surface area contributed by atoms with Crippen molar-refractivity contribution >= 4 is 40.1 Å². The van der Waals surface area contributed by atoms with Crippen LogP contribution in [0.2, 0.25) is 10.0 Å². The van der Waals surface area contributed by atoms with E-state index >= 15 is 0 Å². The number of carbonyl (C=O) groups is 1. The molecule has 0 N–H and O–H groups in total. The molecule has 2 aromatic carbocycles. The molecule has 1 aliphatic rings. The second-order valence-corrected chi connectivity index (χ2v) is 9.74. The van der Waals surface area contributed by atoms with Crippen molar-refractivity contribution in [1.82, 2.24) is 14.5 Å². The molecule has 1 aliphatic carbocycles. The summed E-state index contributed by atoms with van der Waals surface area (Å²) < 4.78 is 7.55. The summed E-state index contributed by atoms with van der Waals surface area (Å²) >= 11 is 12.6. The minimum absolute atomic E-state index is 0.0636. The Morgan fingerprint density at radius 1 is 1.19 bits per heavy atom. The molecular weight excluding hydrogens is 445 g/mol. The molecule has 170 valence electrons. The van der Waals surface area contributed by atoms with Crippen LogP contribution >= 0.6 is 23.2 Å². The van der Waals surface area contributed by atoms with Gasteiger partial charge in [-0.2, -0.15) is 0 Å². The van der Waals surface area contributed by atoms with Crippen molar-refractivity contribution in [2.75, 3.05) is 13.7 Å². The Hall–Kier alpha value is -2.24. The summed E-state index contributed by atoms with van der Waals surface area (Å²) in [5, 5.41) is 1.13. The van der Waals surface area contributed by atoms with E-state index in [4.69, 9.17) is 32.9 Å². The Balaban J connectivity index is 1.72. The zero-order chi connectivity index (χ0) is 22.8. The zero-order valence-corrected chi connectivity index (χ0v) is 20.3. The molecular formula is C25H29Cl2N3O2. The number of nitrogens with zero attached hydrogens (tertiary/aromatic N) is 3. The average Bonchev–Trinajstić information content (AvgIpc) is 3.39. The van der Waals surface area contributed by atoms with Crippen molar-refractivity contribution in [3.05, 3.63) is 57.8 Å². The number of methoxy groups -OCH3 is 1. The topological polar surface area (TPSA) is 47.4 Å². The molecule has 1 fully saturated rings. The van der Waals surface area contributed by atoms with Gasteiger partial charge < -0.3 is 14.2 Å². The van der Waals surface area contributed by atoms with Crippen molar-refractivity contribution in [1.29, 1.82) is 0 Å². The van der Waals surface area contributed by atoms with Gasteiger partial charge in [0.25, 0.3) is 5.91 Å². The fourth-order valence-electron chi connectivity index (χ4n) is 4.61. The first-order valence-corrected chi connectivity index (χ1v) is 11.9. The van der Waals surface area contributed by atoms with Crippen molar-refractivity contribution in [2.24, 2.45) is 5.92 Å². The molecule has 0 radical (unpaired) electrons. The molecule has 0 saturated heterocycles. The first-order chi connectivity index (χ1) is 15.4. The van der Waals surface area contributed by atoms with Gasteiger partial charge in [-0.15, -0.1) is 0 Å². The predicted molar refractivity (Wildman–Crippen MR) is 130 cm³/mol. The highest BCUT2D eigenvalue weighted by molar-refractivity contribution is 6.32. The standard InChI is InChI=1S/C25H29Cl2N3O2/c1-16(2)14-29(25(31)17-8-11-23(32-3)20(27)12-17)15-24-28-21-10-9-18(26)13-22(21)30(24)19-6-4-5-7-19/h8-13,16,19H,4-7,14-15H2,1-3H3. The molecule has 7 heteroatoms. The fraction of sp³-hybridized carbons (Fsp3) is 0.440. The fourth-order valence-corrected chi connectivity index (χ4v) is 5.03. The Morgan fingerprint density at radius 2 is 1.94 bits per heavy atom. The third-order valence-corrected chi connectivity index (χ3v) is 6.55. The van der Waals surface area contributed by atoms with Crippen LogP contribution in [-0.4, -0.2) is 34.0 Å². The van der Waals surface area contributed by atoms with E-state index in [-0.39, 0.29) is 5.91 Å². The third-order valence-electron chi connectivity index (χ3n) is 6.02. The molecule has 0 atom stereocenters. The Bertz CT molecular complexity index is 1120. The number of carbonyl (C=O) groups excluding carboxylic acids is 1. The second kappa shape index (κ2) is 9.72. The predicted octanol–water partition coefficient (Wildman–Crippen LogP) is 6.77. The number of imidazole rings is 1. The molecule has 0 aliphatic heterocycles. The molecule has 1 aromatic heterocycles. The van der Waals surface area contributed by atoms with Crippen LogP contribution in [-0.2, 0) is 6.54 Å². The highest BCUT2D eigenvalue weighted by atomic mass is 35.5. The Kier molecular flexibility index (Phi) is 6.96. The van der Waals surface area contributed by atoms with Crippen LogP contribution in [0, 0.1) is 5.92 Å². The van der Waals surface area contributed by atoms with E-state index in [2.05, 4.69) is 18.4 Å². The van der Waals surface area contributed by atoms with E-state index in [0.29, 0.717) is 46.4 Å². The number of hydrogen-bond acceptors (Lipinski definition) is 3. The number of aromatic nitrogens is 2. The summed E-state index contributed by atoms with van der Waals surface area (Å²) in [5.41, 5.74) is 2.51.